The van der Waals surface area contributed by atoms with E-state index in [1.54, 1.807) is 0 Å². The molecule has 0 fully saturated rings. The Balaban J connectivity index is -0.0000000203. The van der Waals surface area contributed by atoms with Crippen molar-refractivity contribution < 1.29 is 598 Å². The zero-order valence-electron chi connectivity index (χ0n) is 58.9. The average molecular weight is 1970 g/mol. The van der Waals surface area contributed by atoms with Crippen LogP contribution in [0.4, 0.5) is 144 Å². The van der Waals surface area contributed by atoms with Crippen LogP contribution in [0.2, 0.25) is 0 Å². The molecule has 0 aromatic carbocycles. The van der Waals surface area contributed by atoms with E-state index in [1.165, 1.54) is 0 Å². The Morgan fingerprint density at radius 1 is 0.0800 bits per heavy atom. The van der Waals surface area contributed by atoms with Crippen molar-refractivity contribution in [1.82, 2.24) is 0 Å². The van der Waals surface area contributed by atoms with Crippen LogP contribution in [-0.2, 0) is 0 Å². The summed E-state index contributed by atoms with van der Waals surface area (Å²) in [5.41, 5.74) is 0. The summed E-state index contributed by atoms with van der Waals surface area (Å²) < 4.78 is 0. The van der Waals surface area contributed by atoms with Gasteiger partial charge in [-0.3, -0.25) is 0 Å². The Morgan fingerprint density at radius 3 is 0.0800 bits per heavy atom. The van der Waals surface area contributed by atoms with Crippen molar-refractivity contribution in [3.8, 4) is 0 Å². The summed E-state index contributed by atoms with van der Waals surface area (Å²) in [5.74, 6) is 0. The van der Waals surface area contributed by atoms with Gasteiger partial charge in [0.1, 0.15) is 0 Å². The van der Waals surface area contributed by atoms with E-state index in [4.69, 9.17) is 450 Å². The Kier molecular flexibility index (Phi) is 419. The smallest absolute Gasteiger partial charge is 0.565 e. The fraction of sp³-hybridized carbons (Fsp3) is 0. The topological polar surface area (TPSA) is 1740 Å². The molecule has 0 heterocycles. The van der Waals surface area contributed by atoms with Crippen molar-refractivity contribution in [1.29, 1.82) is 0 Å². The summed E-state index contributed by atoms with van der Waals surface area (Å²) in [6.07, 6.45) is -56.3. The number of carboxylic acid groups (broad SMARTS) is 60. The van der Waals surface area contributed by atoms with Gasteiger partial charge >= 0.3 is 302 Å². The second-order valence-electron chi connectivity index (χ2n) is 8.39. The Bertz CT molecular complexity index is 1700. The van der Waals surface area contributed by atoms with E-state index in [1.807, 2.05) is 0 Å². The van der Waals surface area contributed by atoms with Gasteiger partial charge < -0.3 is 330 Å². The molecule has 0 aliphatic carbocycles. The van der Waals surface area contributed by atoms with E-state index in [9.17, 15) is 0 Å². The van der Waals surface area contributed by atoms with E-state index in [-0.39, 0.29) is 148 Å². The molecule has 0 spiro atoms. The third-order valence-electron chi connectivity index (χ3n) is 0. The standard InChI is InChI=1S/30CH2O3.5Na/c30*2-1(3)4;;;;;/h30*(H2,2,3,4);;;;;/q;;;;;;;;;;;;;;;;;;;;;;;;;;;;;;5*+1/p-5. The van der Waals surface area contributed by atoms with Crippen LogP contribution >= 0.6 is 0 Å². The molecule has 55 N–H and O–H groups in total. The van der Waals surface area contributed by atoms with Crippen LogP contribution in [0.15, 0.2) is 0 Å². The molecule has 0 rings (SSSR count). The van der Waals surface area contributed by atoms with Crippen molar-refractivity contribution in [2.24, 2.45) is 0 Å². The molecule has 0 saturated heterocycles. The van der Waals surface area contributed by atoms with Crippen LogP contribution in [0.1, 0.15) is 0 Å². The molecule has 0 aliphatic heterocycles. The molecule has 0 aromatic heterocycles. The normalized spacial score (nSPS) is 5.76. The fourth-order valence-corrected chi connectivity index (χ4v) is 0. The summed E-state index contributed by atoms with van der Waals surface area (Å²) in [7, 11) is 0. The molecule has 0 aliphatic rings. The summed E-state index contributed by atoms with van der Waals surface area (Å²) in [6, 6.07) is 0. The van der Waals surface area contributed by atoms with E-state index < -0.39 is 185 Å². The maximum Gasteiger partial charge on any atom is 1.00 e. The second kappa shape index (κ2) is 226. The predicted molar refractivity (Wildman–Crippen MR) is 306 cm³/mol. The molecule has 125 heavy (non-hydrogen) atoms. The molecule has 0 aromatic rings. The number of hydrogen-bond acceptors (Lipinski definition) is 35. The average Bonchev–Trinajstić information content (AvgIpc) is 3.29. The first-order valence-electron chi connectivity index (χ1n) is 19.4. The third kappa shape index (κ3) is 4140. The first-order chi connectivity index (χ1) is 52.0. The van der Waals surface area contributed by atoms with Gasteiger partial charge in [0.25, 0.3) is 0 Å². The molecule has 95 heteroatoms. The van der Waals surface area contributed by atoms with Gasteiger partial charge in [-0.1, -0.05) is 0 Å². The van der Waals surface area contributed by atoms with Gasteiger partial charge in [0, 0.05) is 0 Å². The molecule has 0 radical (unpaired) electrons. The van der Waals surface area contributed by atoms with E-state index in [0.29, 0.717) is 0 Å². The van der Waals surface area contributed by atoms with E-state index in [0.717, 1.165) is 0 Å². The molecule has 0 bridgehead atoms. The monoisotopic (exact) mass is 1970 g/mol. The minimum Gasteiger partial charge on any atom is -0.565 e. The largest absolute Gasteiger partial charge is 1.00 e. The SMILES string of the molecule is O=C(O)O.O=C(O)O.O=C(O)O.O=C(O)O.O=C(O)O.O=C(O)O.O=C(O)O.O=C(O)O.O=C(O)O.O=C(O)O.O=C(O)O.O=C(O)O.O=C(O)O.O=C(O)O.O=C(O)O.O=C(O)O.O=C(O)O.O=C(O)O.O=C(O)O.O=C(O)O.O=C(O)O.O=C(O)O.O=C(O)O.O=C(O)O.O=C(O)O.O=C([O-])O.O=C([O-])O.O=C([O-])O.O=C([O-])O.O=C([O-])O.[Na+].[Na+].[Na+].[Na+].[Na+]. The molecule has 90 nitrogen and oxygen atoms in total. The van der Waals surface area contributed by atoms with Crippen LogP contribution in [0, 0.1) is 0 Å². The molecule has 0 amide bonds. The van der Waals surface area contributed by atoms with Crippen LogP contribution < -0.4 is 173 Å². The van der Waals surface area contributed by atoms with Gasteiger partial charge in [0.2, 0.25) is 30.8 Å². The molecule has 0 atom stereocenters. The van der Waals surface area contributed by atoms with E-state index >= 15 is 0 Å². The molecular formula is C30H55Na5O90. The van der Waals surface area contributed by atoms with Crippen molar-refractivity contribution in [2.75, 3.05) is 0 Å². The Hall–Kier alpha value is -16.9. The quantitative estimate of drug-likeness (QED) is 0.100. The first kappa shape index (κ1) is 232. The molecule has 0 saturated carbocycles. The zero-order valence-corrected chi connectivity index (χ0v) is 68.9. The van der Waals surface area contributed by atoms with Gasteiger partial charge in [-0.25, -0.2) is 120 Å². The Labute approximate surface area is 777 Å². The van der Waals surface area contributed by atoms with Gasteiger partial charge in [0.05, 0.1) is 0 Å². The van der Waals surface area contributed by atoms with E-state index in [2.05, 4.69) is 0 Å². The van der Waals surface area contributed by atoms with Gasteiger partial charge in [0.15, 0.2) is 0 Å². The molecule has 0 unspecified atom stereocenters. The molecule has 720 valence electrons. The molecular weight excluding hydrogens is 1920 g/mol. The number of rotatable bonds is 0. The fourth-order valence-electron chi connectivity index (χ4n) is 0. The van der Waals surface area contributed by atoms with Crippen molar-refractivity contribution in [2.45, 2.75) is 0 Å². The maximum absolute atomic E-state index is 8.56. The minimum atomic E-state index is -2.08. The number of carbonyl (C=O) groups is 30. The van der Waals surface area contributed by atoms with Crippen molar-refractivity contribution in [3.05, 3.63) is 0 Å². The van der Waals surface area contributed by atoms with Crippen LogP contribution in [0.5, 0.6) is 0 Å². The van der Waals surface area contributed by atoms with Gasteiger partial charge in [-0.15, -0.1) is 0 Å². The summed E-state index contributed by atoms with van der Waals surface area (Å²) in [4.78, 5) is 256. The first-order valence-corrected chi connectivity index (χ1v) is 19.4. The van der Waals surface area contributed by atoms with Crippen LogP contribution in [0.3, 0.4) is 0 Å². The van der Waals surface area contributed by atoms with Gasteiger partial charge in [-0.05, 0) is 0 Å². The van der Waals surface area contributed by atoms with Crippen LogP contribution in [0.25, 0.3) is 0 Å². The van der Waals surface area contributed by atoms with Crippen LogP contribution in [-0.4, -0.2) is 466 Å². The maximum atomic E-state index is 8.56. The predicted octanol–water partition coefficient (Wildman–Crippen LogP) is -15.0. The number of hydrogen-bond donors (Lipinski definition) is 55. The zero-order chi connectivity index (χ0) is 107. The van der Waals surface area contributed by atoms with Crippen molar-refractivity contribution >= 4 is 185 Å². The van der Waals surface area contributed by atoms with Gasteiger partial charge in [-0.2, -0.15) is 0 Å². The summed E-state index contributed by atoms with van der Waals surface area (Å²) >= 11 is 0. The third-order valence-corrected chi connectivity index (χ3v) is 0. The summed E-state index contributed by atoms with van der Waals surface area (Å²) in [5, 5.41) is 425. The summed E-state index contributed by atoms with van der Waals surface area (Å²) in [6.45, 7) is 0. The minimum absolute atomic E-state index is 0. The Morgan fingerprint density at radius 2 is 0.0800 bits per heavy atom. The van der Waals surface area contributed by atoms with Crippen molar-refractivity contribution in [3.63, 3.8) is 0 Å². The second-order valence-corrected chi connectivity index (χ2v) is 8.39.